The van der Waals surface area contributed by atoms with E-state index in [1.807, 2.05) is 19.1 Å². The fourth-order valence-electron chi connectivity index (χ4n) is 2.79. The summed E-state index contributed by atoms with van der Waals surface area (Å²) >= 11 is 0. The van der Waals surface area contributed by atoms with Crippen molar-refractivity contribution >= 4 is 22.6 Å². The molecule has 0 amide bonds. The largest absolute Gasteiger partial charge is 0.482 e. The molecule has 0 unspecified atom stereocenters. The lowest BCUT2D eigenvalue weighted by Crippen LogP contribution is -2.07. The number of benzene rings is 2. The molecule has 1 heterocycles. The number of ether oxygens (including phenoxy) is 2. The molecule has 0 aliphatic carbocycles. The maximum absolute atomic E-state index is 11.9. The first kappa shape index (κ1) is 19.1. The minimum absolute atomic E-state index is 0.0977. The van der Waals surface area contributed by atoms with E-state index in [0.717, 1.165) is 12.0 Å². The van der Waals surface area contributed by atoms with Crippen LogP contribution < -0.4 is 10.4 Å². The van der Waals surface area contributed by atoms with Crippen LogP contribution in [0, 0.1) is 10.1 Å². The number of aryl methyl sites for hydroxylation is 1. The second kappa shape index (κ2) is 7.91. The molecule has 3 rings (SSSR count). The quantitative estimate of drug-likeness (QED) is 0.277. The zero-order valence-electron chi connectivity index (χ0n) is 15.3. The Morgan fingerprint density at radius 1 is 1.18 bits per heavy atom. The minimum Gasteiger partial charge on any atom is -0.482 e. The molecule has 144 valence electrons. The fourth-order valence-corrected chi connectivity index (χ4v) is 2.79. The predicted octanol–water partition coefficient (Wildman–Crippen LogP) is 3.63. The van der Waals surface area contributed by atoms with Gasteiger partial charge in [-0.3, -0.25) is 10.1 Å². The lowest BCUT2D eigenvalue weighted by atomic mass is 10.1. The molecule has 2 aromatic carbocycles. The topological polar surface area (TPSA) is 109 Å². The third kappa shape index (κ3) is 3.85. The van der Waals surface area contributed by atoms with Crippen molar-refractivity contribution in [2.45, 2.75) is 20.0 Å². The van der Waals surface area contributed by atoms with Crippen molar-refractivity contribution in [2.75, 3.05) is 7.11 Å². The Morgan fingerprint density at radius 2 is 1.96 bits per heavy atom. The average Bonchev–Trinajstić information content (AvgIpc) is 2.70. The van der Waals surface area contributed by atoms with Gasteiger partial charge in [0.2, 0.25) is 0 Å². The van der Waals surface area contributed by atoms with Crippen LogP contribution >= 0.6 is 0 Å². The fraction of sp³-hybridized carbons (Fsp3) is 0.200. The Hall–Kier alpha value is -3.68. The summed E-state index contributed by atoms with van der Waals surface area (Å²) in [5.41, 5.74) is 1.23. The van der Waals surface area contributed by atoms with Crippen LogP contribution in [0.1, 0.15) is 28.4 Å². The number of carbonyl (C=O) groups excluding carboxylic acids is 1. The standard InChI is InChI=1S/C20H17NO7/c1-3-12-4-6-15-14(10-19(22)28-17(15)8-12)11-27-18-9-13(20(23)26-2)5-7-16(18)21(24)25/h4-10H,3,11H2,1-2H3. The number of carbonyl (C=O) groups is 1. The summed E-state index contributed by atoms with van der Waals surface area (Å²) < 4.78 is 15.5. The number of nitrogens with zero attached hydrogens (tertiary/aromatic N) is 1. The first-order chi connectivity index (χ1) is 13.4. The normalized spacial score (nSPS) is 10.6. The van der Waals surface area contributed by atoms with Crippen molar-refractivity contribution in [2.24, 2.45) is 0 Å². The van der Waals surface area contributed by atoms with E-state index in [9.17, 15) is 19.7 Å². The van der Waals surface area contributed by atoms with Gasteiger partial charge in [0.25, 0.3) is 0 Å². The molecule has 3 aromatic rings. The lowest BCUT2D eigenvalue weighted by molar-refractivity contribution is -0.385. The number of rotatable bonds is 6. The highest BCUT2D eigenvalue weighted by Gasteiger charge is 2.19. The van der Waals surface area contributed by atoms with E-state index >= 15 is 0 Å². The van der Waals surface area contributed by atoms with Crippen molar-refractivity contribution in [1.29, 1.82) is 0 Å². The van der Waals surface area contributed by atoms with Crippen LogP contribution in [0.3, 0.4) is 0 Å². The molecule has 8 heteroatoms. The van der Waals surface area contributed by atoms with Crippen LogP contribution in [0.2, 0.25) is 0 Å². The Morgan fingerprint density at radius 3 is 2.64 bits per heavy atom. The number of hydrogen-bond acceptors (Lipinski definition) is 7. The van der Waals surface area contributed by atoms with E-state index in [4.69, 9.17) is 9.15 Å². The molecular weight excluding hydrogens is 366 g/mol. The van der Waals surface area contributed by atoms with Gasteiger partial charge < -0.3 is 13.9 Å². The summed E-state index contributed by atoms with van der Waals surface area (Å²) in [5, 5.41) is 11.9. The average molecular weight is 383 g/mol. The van der Waals surface area contributed by atoms with Crippen LogP contribution in [-0.4, -0.2) is 18.0 Å². The molecule has 0 spiro atoms. The summed E-state index contributed by atoms with van der Waals surface area (Å²) in [6.07, 6.45) is 0.785. The highest BCUT2D eigenvalue weighted by molar-refractivity contribution is 5.90. The number of fused-ring (bicyclic) bond motifs is 1. The molecule has 8 nitrogen and oxygen atoms in total. The molecule has 0 aliphatic heterocycles. The summed E-state index contributed by atoms with van der Waals surface area (Å²) in [6, 6.07) is 10.5. The van der Waals surface area contributed by atoms with Crippen molar-refractivity contribution in [3.63, 3.8) is 0 Å². The molecule has 1 aromatic heterocycles. The van der Waals surface area contributed by atoms with E-state index in [-0.39, 0.29) is 23.6 Å². The van der Waals surface area contributed by atoms with Crippen LogP contribution in [0.25, 0.3) is 11.0 Å². The van der Waals surface area contributed by atoms with Crippen LogP contribution in [0.15, 0.2) is 51.7 Å². The van der Waals surface area contributed by atoms with Crippen LogP contribution in [0.4, 0.5) is 5.69 Å². The van der Waals surface area contributed by atoms with Gasteiger partial charge in [-0.25, -0.2) is 9.59 Å². The Balaban J connectivity index is 1.98. The molecule has 0 N–H and O–H groups in total. The van der Waals surface area contributed by atoms with E-state index in [2.05, 4.69) is 4.74 Å². The first-order valence-corrected chi connectivity index (χ1v) is 8.48. The number of nitro benzene ring substituents is 1. The summed E-state index contributed by atoms with van der Waals surface area (Å²) in [7, 11) is 1.21. The SMILES string of the molecule is CCc1ccc2c(COc3cc(C(=O)OC)ccc3[N+](=O)[O-])cc(=O)oc2c1. The molecule has 0 saturated carbocycles. The van der Waals surface area contributed by atoms with Gasteiger partial charge in [0.15, 0.2) is 5.75 Å². The molecule has 0 radical (unpaired) electrons. The van der Waals surface area contributed by atoms with Gasteiger partial charge in [0.05, 0.1) is 17.6 Å². The maximum atomic E-state index is 11.9. The Labute approximate surface area is 159 Å². The highest BCUT2D eigenvalue weighted by Crippen LogP contribution is 2.30. The van der Waals surface area contributed by atoms with Gasteiger partial charge in [0, 0.05) is 29.1 Å². The van der Waals surface area contributed by atoms with Gasteiger partial charge >= 0.3 is 17.3 Å². The van der Waals surface area contributed by atoms with Crippen molar-refractivity contribution in [3.05, 3.63) is 79.7 Å². The molecule has 0 bridgehead atoms. The second-order valence-electron chi connectivity index (χ2n) is 5.99. The third-order valence-corrected chi connectivity index (χ3v) is 4.26. The predicted molar refractivity (Wildman–Crippen MR) is 101 cm³/mol. The van der Waals surface area contributed by atoms with E-state index in [1.54, 1.807) is 6.07 Å². The van der Waals surface area contributed by atoms with Crippen LogP contribution in [0.5, 0.6) is 5.75 Å². The van der Waals surface area contributed by atoms with Crippen molar-refractivity contribution in [3.8, 4) is 5.75 Å². The second-order valence-corrected chi connectivity index (χ2v) is 5.99. The van der Waals surface area contributed by atoms with Crippen LogP contribution in [-0.2, 0) is 17.8 Å². The van der Waals surface area contributed by atoms with Gasteiger partial charge in [-0.1, -0.05) is 19.1 Å². The molecule has 0 atom stereocenters. The molecule has 28 heavy (non-hydrogen) atoms. The Kier molecular flexibility index (Phi) is 5.39. The third-order valence-electron chi connectivity index (χ3n) is 4.26. The van der Waals surface area contributed by atoms with Gasteiger partial charge in [0.1, 0.15) is 12.2 Å². The summed E-state index contributed by atoms with van der Waals surface area (Å²) in [6.45, 7) is 1.87. The maximum Gasteiger partial charge on any atom is 0.337 e. The first-order valence-electron chi connectivity index (χ1n) is 8.48. The van der Waals surface area contributed by atoms with Gasteiger partial charge in [-0.2, -0.15) is 0 Å². The number of hydrogen-bond donors (Lipinski definition) is 0. The van der Waals surface area contributed by atoms with E-state index < -0.39 is 16.5 Å². The molecule has 0 fully saturated rings. The Bertz CT molecular complexity index is 1120. The highest BCUT2D eigenvalue weighted by atomic mass is 16.6. The van der Waals surface area contributed by atoms with E-state index in [1.165, 1.54) is 31.4 Å². The van der Waals surface area contributed by atoms with Crippen molar-refractivity contribution in [1.82, 2.24) is 0 Å². The number of nitro groups is 1. The van der Waals surface area contributed by atoms with Gasteiger partial charge in [-0.05, 0) is 24.1 Å². The number of esters is 1. The molecule has 0 saturated heterocycles. The lowest BCUT2D eigenvalue weighted by Gasteiger charge is -2.10. The van der Waals surface area contributed by atoms with Gasteiger partial charge in [-0.15, -0.1) is 0 Å². The number of methoxy groups -OCH3 is 1. The minimum atomic E-state index is -0.641. The summed E-state index contributed by atoms with van der Waals surface area (Å²) in [5.74, 6) is -0.739. The summed E-state index contributed by atoms with van der Waals surface area (Å²) in [4.78, 5) is 34.2. The zero-order chi connectivity index (χ0) is 20.3. The van der Waals surface area contributed by atoms with Crippen molar-refractivity contribution < 1.29 is 23.6 Å². The molecule has 0 aliphatic rings. The zero-order valence-corrected chi connectivity index (χ0v) is 15.3. The smallest absolute Gasteiger partial charge is 0.337 e. The molecular formula is C20H17NO7. The van der Waals surface area contributed by atoms with E-state index in [0.29, 0.717) is 16.5 Å². The monoisotopic (exact) mass is 383 g/mol.